The molecule has 1 amide bonds. The Balaban J connectivity index is 2.16. The van der Waals surface area contributed by atoms with Crippen LogP contribution in [0, 0.1) is 0 Å². The van der Waals surface area contributed by atoms with E-state index < -0.39 is 0 Å². The average Bonchev–Trinajstić information content (AvgIpc) is 2.49. The zero-order chi connectivity index (χ0) is 15.1. The lowest BCUT2D eigenvalue weighted by Gasteiger charge is -2.11. The van der Waals surface area contributed by atoms with Crippen LogP contribution in [-0.4, -0.2) is 35.5 Å². The molecule has 0 aliphatic rings. The molecule has 0 spiro atoms. The summed E-state index contributed by atoms with van der Waals surface area (Å²) < 4.78 is 0. The van der Waals surface area contributed by atoms with Crippen molar-refractivity contribution in [2.75, 3.05) is 30.3 Å². The number of carbonyl (C=O) groups is 1. The van der Waals surface area contributed by atoms with Crippen molar-refractivity contribution < 1.29 is 4.79 Å². The number of aromatic nitrogens is 2. The summed E-state index contributed by atoms with van der Waals surface area (Å²) in [6, 6.07) is 7.87. The Kier molecular flexibility index (Phi) is 5.31. The van der Waals surface area contributed by atoms with Gasteiger partial charge in [0.25, 0.3) is 0 Å². The molecule has 3 N–H and O–H groups in total. The number of amides is 1. The Morgan fingerprint density at radius 1 is 1.10 bits per heavy atom. The average molecular weight is 287 g/mol. The fraction of sp³-hybridized carbons (Fsp3) is 0.400. The van der Waals surface area contributed by atoms with E-state index in [0.717, 1.165) is 29.7 Å². The van der Waals surface area contributed by atoms with Crippen LogP contribution >= 0.6 is 0 Å². The molecule has 1 aromatic carbocycles. The summed E-state index contributed by atoms with van der Waals surface area (Å²) in [5.41, 5.74) is 0.896. The molecule has 0 atom stereocenters. The summed E-state index contributed by atoms with van der Waals surface area (Å²) in [6.45, 7) is 5.62. The highest BCUT2D eigenvalue weighted by Gasteiger charge is 2.06. The third-order valence-corrected chi connectivity index (χ3v) is 2.93. The van der Waals surface area contributed by atoms with E-state index in [2.05, 4.69) is 32.8 Å². The van der Waals surface area contributed by atoms with Crippen LogP contribution in [-0.2, 0) is 4.79 Å². The predicted octanol–water partition coefficient (Wildman–Crippen LogP) is 2.00. The fourth-order valence-electron chi connectivity index (χ4n) is 1.95. The van der Waals surface area contributed by atoms with E-state index in [0.29, 0.717) is 19.0 Å². The molecule has 6 nitrogen and oxygen atoms in total. The van der Waals surface area contributed by atoms with E-state index in [9.17, 15) is 4.79 Å². The van der Waals surface area contributed by atoms with Crippen molar-refractivity contribution in [2.24, 2.45) is 0 Å². The first-order chi connectivity index (χ1) is 10.2. The number of carbonyl (C=O) groups excluding carboxylic acids is 1. The lowest BCUT2D eigenvalue weighted by molar-refractivity contribution is -0.118. The third-order valence-electron chi connectivity index (χ3n) is 2.93. The third kappa shape index (κ3) is 4.30. The van der Waals surface area contributed by atoms with E-state index in [1.165, 1.54) is 6.92 Å². The van der Waals surface area contributed by atoms with Gasteiger partial charge in [-0.1, -0.05) is 19.1 Å². The van der Waals surface area contributed by atoms with E-state index >= 15 is 0 Å². The smallest absolute Gasteiger partial charge is 0.225 e. The minimum absolute atomic E-state index is 0.0327. The molecule has 1 heterocycles. The quantitative estimate of drug-likeness (QED) is 0.679. The maximum atomic E-state index is 10.9. The monoisotopic (exact) mass is 287 g/mol. The van der Waals surface area contributed by atoms with E-state index in [1.54, 1.807) is 0 Å². The number of nitrogens with zero attached hydrogens (tertiary/aromatic N) is 2. The Hall–Kier alpha value is -2.37. The summed E-state index contributed by atoms with van der Waals surface area (Å²) in [7, 11) is 0. The molecule has 0 saturated heterocycles. The molecule has 0 fully saturated rings. The minimum atomic E-state index is -0.0327. The molecule has 2 rings (SSSR count). The van der Waals surface area contributed by atoms with Crippen molar-refractivity contribution in [1.29, 1.82) is 0 Å². The minimum Gasteiger partial charge on any atom is -0.368 e. The lowest BCUT2D eigenvalue weighted by atomic mass is 10.2. The Morgan fingerprint density at radius 3 is 2.67 bits per heavy atom. The number of hydrogen-bond donors (Lipinski definition) is 3. The van der Waals surface area contributed by atoms with Gasteiger partial charge in [-0.2, -0.15) is 4.98 Å². The molecule has 6 heteroatoms. The SMILES string of the molecule is CCCNc1nc(NCCNC(C)=O)c2ccccc2n1. The van der Waals surface area contributed by atoms with Gasteiger partial charge in [-0.3, -0.25) is 4.79 Å². The normalized spacial score (nSPS) is 10.4. The summed E-state index contributed by atoms with van der Waals surface area (Å²) in [6.07, 6.45) is 1.02. The molecule has 112 valence electrons. The summed E-state index contributed by atoms with van der Waals surface area (Å²) in [4.78, 5) is 19.9. The summed E-state index contributed by atoms with van der Waals surface area (Å²) >= 11 is 0. The van der Waals surface area contributed by atoms with Gasteiger partial charge in [0.2, 0.25) is 11.9 Å². The predicted molar refractivity (Wildman–Crippen MR) is 85.5 cm³/mol. The van der Waals surface area contributed by atoms with Crippen LogP contribution in [0.3, 0.4) is 0 Å². The Labute approximate surface area is 124 Å². The van der Waals surface area contributed by atoms with Crippen LogP contribution in [0.4, 0.5) is 11.8 Å². The number of benzene rings is 1. The highest BCUT2D eigenvalue weighted by molar-refractivity contribution is 5.90. The van der Waals surface area contributed by atoms with Crippen LogP contribution in [0.15, 0.2) is 24.3 Å². The van der Waals surface area contributed by atoms with Crippen LogP contribution in [0.25, 0.3) is 10.9 Å². The first-order valence-corrected chi connectivity index (χ1v) is 7.19. The summed E-state index contributed by atoms with van der Waals surface area (Å²) in [5, 5.41) is 10.2. The molecular weight excluding hydrogens is 266 g/mol. The van der Waals surface area contributed by atoms with E-state index in [1.807, 2.05) is 24.3 Å². The van der Waals surface area contributed by atoms with Gasteiger partial charge < -0.3 is 16.0 Å². The lowest BCUT2D eigenvalue weighted by Crippen LogP contribution is -2.26. The van der Waals surface area contributed by atoms with Crippen molar-refractivity contribution in [3.63, 3.8) is 0 Å². The van der Waals surface area contributed by atoms with Gasteiger partial charge in [0.15, 0.2) is 0 Å². The molecular formula is C15H21N5O. The Morgan fingerprint density at radius 2 is 1.90 bits per heavy atom. The van der Waals surface area contributed by atoms with Gasteiger partial charge in [0.1, 0.15) is 5.82 Å². The molecule has 0 saturated carbocycles. The molecule has 0 unspecified atom stereocenters. The molecule has 0 aliphatic heterocycles. The fourth-order valence-corrected chi connectivity index (χ4v) is 1.95. The zero-order valence-corrected chi connectivity index (χ0v) is 12.4. The highest BCUT2D eigenvalue weighted by atomic mass is 16.1. The molecule has 21 heavy (non-hydrogen) atoms. The van der Waals surface area contributed by atoms with Gasteiger partial charge in [-0.05, 0) is 18.6 Å². The second-order valence-electron chi connectivity index (χ2n) is 4.75. The van der Waals surface area contributed by atoms with Gasteiger partial charge >= 0.3 is 0 Å². The number of hydrogen-bond acceptors (Lipinski definition) is 5. The van der Waals surface area contributed by atoms with Crippen molar-refractivity contribution in [3.05, 3.63) is 24.3 Å². The first-order valence-electron chi connectivity index (χ1n) is 7.19. The van der Waals surface area contributed by atoms with Crippen LogP contribution in [0.1, 0.15) is 20.3 Å². The second-order valence-corrected chi connectivity index (χ2v) is 4.75. The first kappa shape index (κ1) is 15.0. The molecule has 0 aliphatic carbocycles. The molecule has 0 radical (unpaired) electrons. The van der Waals surface area contributed by atoms with Crippen molar-refractivity contribution >= 4 is 28.6 Å². The van der Waals surface area contributed by atoms with Gasteiger partial charge in [0.05, 0.1) is 5.52 Å². The van der Waals surface area contributed by atoms with Crippen molar-refractivity contribution in [1.82, 2.24) is 15.3 Å². The number of para-hydroxylation sites is 1. The standard InChI is InChI=1S/C15H21N5O/c1-3-8-18-15-19-13-7-5-4-6-12(13)14(20-15)17-10-9-16-11(2)21/h4-7H,3,8-10H2,1-2H3,(H,16,21)(H2,17,18,19,20). The van der Waals surface area contributed by atoms with Crippen LogP contribution in [0.5, 0.6) is 0 Å². The summed E-state index contributed by atoms with van der Waals surface area (Å²) in [5.74, 6) is 1.37. The number of fused-ring (bicyclic) bond motifs is 1. The maximum absolute atomic E-state index is 10.9. The largest absolute Gasteiger partial charge is 0.368 e. The van der Waals surface area contributed by atoms with Gasteiger partial charge in [0, 0.05) is 31.9 Å². The van der Waals surface area contributed by atoms with Gasteiger partial charge in [-0.25, -0.2) is 4.98 Å². The molecule has 2 aromatic rings. The Bertz CT molecular complexity index is 614. The van der Waals surface area contributed by atoms with E-state index in [4.69, 9.17) is 0 Å². The van der Waals surface area contributed by atoms with Crippen molar-refractivity contribution in [2.45, 2.75) is 20.3 Å². The topological polar surface area (TPSA) is 78.9 Å². The number of anilines is 2. The van der Waals surface area contributed by atoms with Crippen LogP contribution < -0.4 is 16.0 Å². The zero-order valence-electron chi connectivity index (χ0n) is 12.4. The van der Waals surface area contributed by atoms with E-state index in [-0.39, 0.29) is 5.91 Å². The number of nitrogens with one attached hydrogen (secondary N) is 3. The van der Waals surface area contributed by atoms with Gasteiger partial charge in [-0.15, -0.1) is 0 Å². The highest BCUT2D eigenvalue weighted by Crippen LogP contribution is 2.21. The van der Waals surface area contributed by atoms with Crippen molar-refractivity contribution in [3.8, 4) is 0 Å². The second kappa shape index (κ2) is 7.42. The number of rotatable bonds is 7. The van der Waals surface area contributed by atoms with Crippen LogP contribution in [0.2, 0.25) is 0 Å². The maximum Gasteiger partial charge on any atom is 0.225 e. The molecule has 0 bridgehead atoms. The molecule has 1 aromatic heterocycles.